The predicted molar refractivity (Wildman–Crippen MR) is 78.8 cm³/mol. The van der Waals surface area contributed by atoms with E-state index >= 15 is 0 Å². The molecule has 1 atom stereocenters. The first-order valence-electron chi connectivity index (χ1n) is 6.36. The smallest absolute Gasteiger partial charge is 0.224 e. The molecule has 0 spiro atoms. The van der Waals surface area contributed by atoms with E-state index in [2.05, 4.69) is 57.7 Å². The van der Waals surface area contributed by atoms with Crippen LogP contribution in [-0.2, 0) is 10.3 Å². The molecular formula is C14H16BrNOS. The van der Waals surface area contributed by atoms with Gasteiger partial charge in [-0.15, -0.1) is 0 Å². The van der Waals surface area contributed by atoms with Gasteiger partial charge in [0.05, 0.1) is 5.54 Å². The second-order valence-electron chi connectivity index (χ2n) is 5.25. The fraction of sp³-hybridized carbons (Fsp3) is 0.500. The van der Waals surface area contributed by atoms with Gasteiger partial charge in [-0.2, -0.15) is 12.6 Å². The first-order chi connectivity index (χ1) is 8.62. The summed E-state index contributed by atoms with van der Waals surface area (Å²) in [5.74, 6) is 0.262. The van der Waals surface area contributed by atoms with Crippen LogP contribution in [0, 0.1) is 0 Å². The van der Waals surface area contributed by atoms with Crippen molar-refractivity contribution in [1.29, 1.82) is 0 Å². The molecule has 1 aliphatic heterocycles. The third-order valence-corrected chi connectivity index (χ3v) is 5.06. The summed E-state index contributed by atoms with van der Waals surface area (Å²) in [6.07, 6.45) is 3.96. The molecule has 96 valence electrons. The summed E-state index contributed by atoms with van der Waals surface area (Å²) in [7, 11) is 0. The Morgan fingerprint density at radius 3 is 2.39 bits per heavy atom. The molecule has 0 radical (unpaired) electrons. The van der Waals surface area contributed by atoms with Gasteiger partial charge in [-0.1, -0.05) is 28.1 Å². The average molecular weight is 326 g/mol. The molecule has 18 heavy (non-hydrogen) atoms. The van der Waals surface area contributed by atoms with Gasteiger partial charge in [0.15, 0.2) is 0 Å². The van der Waals surface area contributed by atoms with Crippen molar-refractivity contribution in [1.82, 2.24) is 4.90 Å². The molecule has 0 bridgehead atoms. The summed E-state index contributed by atoms with van der Waals surface area (Å²) >= 11 is 7.93. The minimum Gasteiger partial charge on any atom is -0.332 e. The Labute approximate surface area is 121 Å². The number of likely N-dealkylation sites (tertiary alicyclic amines) is 1. The monoisotopic (exact) mass is 325 g/mol. The van der Waals surface area contributed by atoms with Crippen molar-refractivity contribution in [3.05, 3.63) is 34.3 Å². The molecule has 2 nitrogen and oxygen atoms in total. The second kappa shape index (κ2) is 4.57. The van der Waals surface area contributed by atoms with Gasteiger partial charge < -0.3 is 4.90 Å². The van der Waals surface area contributed by atoms with E-state index in [-0.39, 0.29) is 16.7 Å². The maximum atomic E-state index is 12.1. The van der Waals surface area contributed by atoms with E-state index < -0.39 is 0 Å². The number of nitrogens with zero attached hydrogens (tertiary/aromatic N) is 1. The highest BCUT2D eigenvalue weighted by atomic mass is 79.9. The van der Waals surface area contributed by atoms with Gasteiger partial charge in [-0.3, -0.25) is 4.79 Å². The quantitative estimate of drug-likeness (QED) is 0.827. The minimum atomic E-state index is -0.0464. The molecule has 1 amide bonds. The van der Waals surface area contributed by atoms with Crippen LogP contribution in [0.4, 0.5) is 0 Å². The first-order valence-corrected chi connectivity index (χ1v) is 7.67. The summed E-state index contributed by atoms with van der Waals surface area (Å²) in [4.78, 5) is 14.2. The summed E-state index contributed by atoms with van der Waals surface area (Å²) in [6.45, 7) is 0.790. The van der Waals surface area contributed by atoms with E-state index in [0.717, 1.165) is 23.9 Å². The van der Waals surface area contributed by atoms with Crippen LogP contribution in [0.5, 0.6) is 0 Å². The number of amides is 1. The molecule has 4 heteroatoms. The molecule has 1 heterocycles. The van der Waals surface area contributed by atoms with Crippen molar-refractivity contribution in [3.8, 4) is 0 Å². The Morgan fingerprint density at radius 2 is 1.94 bits per heavy atom. The highest BCUT2D eigenvalue weighted by molar-refractivity contribution is 9.10. The molecule has 1 aliphatic carbocycles. The Morgan fingerprint density at radius 1 is 1.28 bits per heavy atom. The Hall–Kier alpha value is -0.480. The van der Waals surface area contributed by atoms with Crippen LogP contribution in [0.1, 0.15) is 31.2 Å². The van der Waals surface area contributed by atoms with Crippen LogP contribution in [0.15, 0.2) is 28.7 Å². The Bertz CT molecular complexity index is 469. The summed E-state index contributed by atoms with van der Waals surface area (Å²) in [5.41, 5.74) is 1.22. The Kier molecular flexibility index (Phi) is 3.18. The zero-order chi connectivity index (χ0) is 12.8. The number of carbonyl (C=O) groups is 1. The number of hydrogen-bond acceptors (Lipinski definition) is 2. The molecule has 0 N–H and O–H groups in total. The summed E-state index contributed by atoms with van der Waals surface area (Å²) in [6, 6.07) is 8.41. The van der Waals surface area contributed by atoms with E-state index in [0.29, 0.717) is 6.42 Å². The molecule has 1 aromatic rings. The van der Waals surface area contributed by atoms with Crippen molar-refractivity contribution >= 4 is 34.5 Å². The lowest BCUT2D eigenvalue weighted by molar-refractivity contribution is -0.137. The summed E-state index contributed by atoms with van der Waals surface area (Å²) < 4.78 is 1.08. The number of halogens is 1. The van der Waals surface area contributed by atoms with Crippen molar-refractivity contribution in [2.45, 2.75) is 36.5 Å². The Balaban J connectivity index is 1.95. The van der Waals surface area contributed by atoms with Crippen molar-refractivity contribution in [2.24, 2.45) is 0 Å². The minimum absolute atomic E-state index is 0.0464. The number of carbonyl (C=O) groups excluding carboxylic acids is 1. The lowest BCUT2D eigenvalue weighted by Crippen LogP contribution is -2.51. The third-order valence-electron chi connectivity index (χ3n) is 4.18. The van der Waals surface area contributed by atoms with Gasteiger partial charge in [-0.05, 0) is 37.0 Å². The lowest BCUT2D eigenvalue weighted by atomic mass is 9.70. The van der Waals surface area contributed by atoms with E-state index in [9.17, 15) is 4.79 Å². The van der Waals surface area contributed by atoms with Gasteiger partial charge in [-0.25, -0.2) is 0 Å². The van der Waals surface area contributed by atoms with Gasteiger partial charge in [0, 0.05) is 22.7 Å². The van der Waals surface area contributed by atoms with E-state index in [1.807, 2.05) is 0 Å². The fourth-order valence-corrected chi connectivity index (χ4v) is 3.67. The highest BCUT2D eigenvalue weighted by Gasteiger charge is 2.48. The summed E-state index contributed by atoms with van der Waals surface area (Å²) in [5, 5.41) is 0.199. The predicted octanol–water partition coefficient (Wildman–Crippen LogP) is 3.36. The number of hydrogen-bond donors (Lipinski definition) is 1. The van der Waals surface area contributed by atoms with Gasteiger partial charge >= 0.3 is 0 Å². The molecule has 1 aromatic carbocycles. The van der Waals surface area contributed by atoms with Gasteiger partial charge in [0.25, 0.3) is 0 Å². The highest BCUT2D eigenvalue weighted by Crippen LogP contribution is 2.48. The van der Waals surface area contributed by atoms with Crippen molar-refractivity contribution < 1.29 is 4.79 Å². The van der Waals surface area contributed by atoms with Crippen LogP contribution in [0.3, 0.4) is 0 Å². The zero-order valence-corrected chi connectivity index (χ0v) is 12.6. The average Bonchev–Trinajstić information content (AvgIpc) is 2.60. The molecular weight excluding hydrogens is 310 g/mol. The maximum Gasteiger partial charge on any atom is 0.224 e. The molecule has 3 rings (SSSR count). The van der Waals surface area contributed by atoms with Crippen LogP contribution in [0.2, 0.25) is 0 Å². The lowest BCUT2D eigenvalue weighted by Gasteiger charge is -2.49. The van der Waals surface area contributed by atoms with Crippen molar-refractivity contribution in [2.75, 3.05) is 6.54 Å². The molecule has 0 aromatic heterocycles. The maximum absolute atomic E-state index is 12.1. The van der Waals surface area contributed by atoms with E-state index in [1.165, 1.54) is 12.0 Å². The topological polar surface area (TPSA) is 20.3 Å². The zero-order valence-electron chi connectivity index (χ0n) is 10.1. The van der Waals surface area contributed by atoms with E-state index in [1.54, 1.807) is 0 Å². The van der Waals surface area contributed by atoms with Gasteiger partial charge in [0.1, 0.15) is 0 Å². The SMILES string of the molecule is O=C1CC(S)CN1C1(c2ccc(Br)cc2)CCC1. The number of benzene rings is 1. The standard InChI is InChI=1S/C14H16BrNOS/c15-11-4-2-10(3-5-11)14(6-1-7-14)16-9-12(18)8-13(16)17/h2-5,12,18H,1,6-9H2. The molecule has 1 saturated heterocycles. The third kappa shape index (κ3) is 1.90. The number of rotatable bonds is 2. The van der Waals surface area contributed by atoms with Crippen LogP contribution >= 0.6 is 28.6 Å². The molecule has 1 unspecified atom stereocenters. The number of thiol groups is 1. The first kappa shape index (κ1) is 12.5. The van der Waals surface area contributed by atoms with Crippen molar-refractivity contribution in [3.63, 3.8) is 0 Å². The fourth-order valence-electron chi connectivity index (χ4n) is 3.09. The van der Waals surface area contributed by atoms with Crippen LogP contribution in [-0.4, -0.2) is 22.6 Å². The van der Waals surface area contributed by atoms with E-state index in [4.69, 9.17) is 0 Å². The second-order valence-corrected chi connectivity index (χ2v) is 6.90. The molecule has 2 aliphatic rings. The van der Waals surface area contributed by atoms with Gasteiger partial charge in [0.2, 0.25) is 5.91 Å². The normalized spacial score (nSPS) is 26.2. The molecule has 2 fully saturated rings. The largest absolute Gasteiger partial charge is 0.332 e. The van der Waals surface area contributed by atoms with Crippen LogP contribution < -0.4 is 0 Å². The molecule has 1 saturated carbocycles. The van der Waals surface area contributed by atoms with Crippen LogP contribution in [0.25, 0.3) is 0 Å².